The van der Waals surface area contributed by atoms with Gasteiger partial charge in [0.25, 0.3) is 0 Å². The van der Waals surface area contributed by atoms with Crippen LogP contribution in [0.1, 0.15) is 27.2 Å². The molecule has 1 saturated heterocycles. The average Bonchev–Trinajstić information content (AvgIpc) is 2.05. The minimum Gasteiger partial charge on any atom is -0.311 e. The second-order valence-electron chi connectivity index (χ2n) is 3.44. The van der Waals surface area contributed by atoms with Gasteiger partial charge < -0.3 is 5.32 Å². The van der Waals surface area contributed by atoms with Crippen molar-refractivity contribution in [1.82, 2.24) is 5.32 Å². The molecule has 0 amide bonds. The molecule has 3 heteroatoms. The summed E-state index contributed by atoms with van der Waals surface area (Å²) >= 11 is 0. The molecule has 1 fully saturated rings. The lowest BCUT2D eigenvalue weighted by Gasteiger charge is -2.18. The Morgan fingerprint density at radius 3 is 2.64 bits per heavy atom. The van der Waals surface area contributed by atoms with Gasteiger partial charge >= 0.3 is 0 Å². The van der Waals surface area contributed by atoms with Gasteiger partial charge in [-0.2, -0.15) is 0 Å². The van der Waals surface area contributed by atoms with Crippen LogP contribution < -0.4 is 5.32 Å². The quantitative estimate of drug-likeness (QED) is 0.592. The fourth-order valence-electron chi connectivity index (χ4n) is 1.37. The Balaban J connectivity index is 2.61. The predicted molar refractivity (Wildman–Crippen MR) is 49.1 cm³/mol. The Morgan fingerprint density at radius 2 is 2.00 bits per heavy atom. The topological polar surface area (TPSA) is 29.1 Å². The highest BCUT2D eigenvalue weighted by atomic mass is 32.2. The molecular weight excluding hydrogens is 158 g/mol. The van der Waals surface area contributed by atoms with Crippen molar-refractivity contribution in [3.63, 3.8) is 0 Å². The second kappa shape index (κ2) is 3.68. The molecule has 1 rings (SSSR count). The van der Waals surface area contributed by atoms with Crippen LogP contribution in [0.5, 0.6) is 0 Å². The highest BCUT2D eigenvalue weighted by Gasteiger charge is 2.23. The smallest absolute Gasteiger partial charge is 0.0470 e. The third-order valence-electron chi connectivity index (χ3n) is 2.42. The van der Waals surface area contributed by atoms with Crippen molar-refractivity contribution in [3.8, 4) is 0 Å². The summed E-state index contributed by atoms with van der Waals surface area (Å²) in [4.78, 5) is 0. The standard InChI is InChI=1S/C8H17NOS/c1-6-4-5-11(10)8(3)7(2)9-6/h6-9H,4-5H2,1-3H3. The Hall–Kier alpha value is 0.110. The number of rotatable bonds is 0. The molecular formula is C8H17NOS. The van der Waals surface area contributed by atoms with Crippen LogP contribution in [0.25, 0.3) is 0 Å². The summed E-state index contributed by atoms with van der Waals surface area (Å²) in [5.74, 6) is 0.861. The monoisotopic (exact) mass is 175 g/mol. The van der Waals surface area contributed by atoms with E-state index < -0.39 is 10.8 Å². The van der Waals surface area contributed by atoms with Gasteiger partial charge in [0, 0.05) is 33.9 Å². The summed E-state index contributed by atoms with van der Waals surface area (Å²) in [7, 11) is -0.616. The van der Waals surface area contributed by atoms with Crippen molar-refractivity contribution < 1.29 is 4.21 Å². The maximum atomic E-state index is 11.4. The van der Waals surface area contributed by atoms with E-state index in [1.807, 2.05) is 0 Å². The number of nitrogens with one attached hydrogen (secondary N) is 1. The lowest BCUT2D eigenvalue weighted by atomic mass is 10.2. The van der Waals surface area contributed by atoms with E-state index in [-0.39, 0.29) is 0 Å². The Bertz CT molecular complexity index is 160. The van der Waals surface area contributed by atoms with Gasteiger partial charge in [-0.15, -0.1) is 0 Å². The highest BCUT2D eigenvalue weighted by molar-refractivity contribution is 7.85. The van der Waals surface area contributed by atoms with E-state index in [4.69, 9.17) is 0 Å². The van der Waals surface area contributed by atoms with Gasteiger partial charge in [-0.1, -0.05) is 0 Å². The van der Waals surface area contributed by atoms with Crippen LogP contribution in [-0.2, 0) is 10.8 Å². The van der Waals surface area contributed by atoms with E-state index in [1.165, 1.54) is 0 Å². The molecule has 0 aliphatic carbocycles. The normalized spacial score (nSPS) is 46.8. The summed E-state index contributed by atoms with van der Waals surface area (Å²) < 4.78 is 11.4. The summed E-state index contributed by atoms with van der Waals surface area (Å²) in [6, 6.07) is 0.923. The van der Waals surface area contributed by atoms with Crippen molar-refractivity contribution in [3.05, 3.63) is 0 Å². The van der Waals surface area contributed by atoms with Crippen LogP contribution in [0.4, 0.5) is 0 Å². The van der Waals surface area contributed by atoms with E-state index in [9.17, 15) is 4.21 Å². The van der Waals surface area contributed by atoms with Crippen molar-refractivity contribution in [2.24, 2.45) is 0 Å². The molecule has 1 aliphatic rings. The maximum absolute atomic E-state index is 11.4. The van der Waals surface area contributed by atoms with E-state index in [1.54, 1.807) is 0 Å². The zero-order chi connectivity index (χ0) is 8.43. The Morgan fingerprint density at radius 1 is 1.36 bits per heavy atom. The first-order chi connectivity index (χ1) is 5.11. The van der Waals surface area contributed by atoms with Crippen molar-refractivity contribution in [1.29, 1.82) is 0 Å². The minimum absolute atomic E-state index is 0.306. The molecule has 1 heterocycles. The molecule has 66 valence electrons. The SMILES string of the molecule is CC1CCS(=O)C(C)C(C)N1. The van der Waals surface area contributed by atoms with Crippen molar-refractivity contribution in [2.75, 3.05) is 5.75 Å². The fourth-order valence-corrected chi connectivity index (χ4v) is 2.87. The van der Waals surface area contributed by atoms with Crippen molar-refractivity contribution in [2.45, 2.75) is 44.5 Å². The third kappa shape index (κ3) is 2.27. The lowest BCUT2D eigenvalue weighted by Crippen LogP contribution is -2.39. The van der Waals surface area contributed by atoms with Gasteiger partial charge in [-0.3, -0.25) is 4.21 Å². The lowest BCUT2D eigenvalue weighted by molar-refractivity contribution is 0.466. The largest absolute Gasteiger partial charge is 0.311 e. The average molecular weight is 175 g/mol. The van der Waals surface area contributed by atoms with E-state index in [0.29, 0.717) is 17.3 Å². The highest BCUT2D eigenvalue weighted by Crippen LogP contribution is 2.10. The predicted octanol–water partition coefficient (Wildman–Crippen LogP) is 0.894. The molecule has 0 aromatic rings. The fraction of sp³-hybridized carbons (Fsp3) is 1.00. The molecule has 0 radical (unpaired) electrons. The van der Waals surface area contributed by atoms with Gasteiger partial charge in [0.1, 0.15) is 0 Å². The van der Waals surface area contributed by atoms with Gasteiger partial charge in [-0.25, -0.2) is 0 Å². The van der Waals surface area contributed by atoms with E-state index >= 15 is 0 Å². The van der Waals surface area contributed by atoms with Crippen LogP contribution >= 0.6 is 0 Å². The molecule has 4 unspecified atom stereocenters. The first kappa shape index (κ1) is 9.20. The van der Waals surface area contributed by atoms with E-state index in [2.05, 4.69) is 26.1 Å². The molecule has 1 aliphatic heterocycles. The molecule has 0 aromatic heterocycles. The van der Waals surface area contributed by atoms with Crippen LogP contribution in [0.3, 0.4) is 0 Å². The minimum atomic E-state index is -0.616. The number of hydrogen-bond acceptors (Lipinski definition) is 2. The van der Waals surface area contributed by atoms with Gasteiger partial charge in [0.05, 0.1) is 0 Å². The molecule has 0 spiro atoms. The molecule has 11 heavy (non-hydrogen) atoms. The molecule has 4 atom stereocenters. The van der Waals surface area contributed by atoms with Gasteiger partial charge in [-0.05, 0) is 27.2 Å². The molecule has 0 aromatic carbocycles. The van der Waals surface area contributed by atoms with Crippen LogP contribution in [0.15, 0.2) is 0 Å². The molecule has 0 saturated carbocycles. The Labute approximate surface area is 71.2 Å². The second-order valence-corrected chi connectivity index (χ2v) is 5.35. The summed E-state index contributed by atoms with van der Waals surface area (Å²) in [5.41, 5.74) is 0. The zero-order valence-electron chi connectivity index (χ0n) is 7.46. The summed E-state index contributed by atoms with van der Waals surface area (Å²) in [5, 5.41) is 3.73. The maximum Gasteiger partial charge on any atom is 0.0470 e. The first-order valence-electron chi connectivity index (χ1n) is 4.24. The summed E-state index contributed by atoms with van der Waals surface area (Å²) in [6.07, 6.45) is 1.04. The van der Waals surface area contributed by atoms with Gasteiger partial charge in [0.15, 0.2) is 0 Å². The third-order valence-corrected chi connectivity index (χ3v) is 4.29. The first-order valence-corrected chi connectivity index (χ1v) is 5.62. The van der Waals surface area contributed by atoms with Crippen LogP contribution in [0.2, 0.25) is 0 Å². The zero-order valence-corrected chi connectivity index (χ0v) is 8.28. The molecule has 2 nitrogen and oxygen atoms in total. The van der Waals surface area contributed by atoms with Crippen LogP contribution in [-0.4, -0.2) is 27.3 Å². The van der Waals surface area contributed by atoms with Gasteiger partial charge in [0.2, 0.25) is 0 Å². The Kier molecular flexibility index (Phi) is 3.07. The number of hydrogen-bond donors (Lipinski definition) is 1. The summed E-state index contributed by atoms with van der Waals surface area (Å²) in [6.45, 7) is 6.34. The molecule has 1 N–H and O–H groups in total. The van der Waals surface area contributed by atoms with Crippen molar-refractivity contribution >= 4 is 10.8 Å². The van der Waals surface area contributed by atoms with E-state index in [0.717, 1.165) is 12.2 Å². The molecule has 0 bridgehead atoms. The van der Waals surface area contributed by atoms with Crippen LogP contribution in [0, 0.1) is 0 Å².